The van der Waals surface area contributed by atoms with Crippen molar-refractivity contribution >= 4 is 17.1 Å². The van der Waals surface area contributed by atoms with Gasteiger partial charge in [0.25, 0.3) is 0 Å². The van der Waals surface area contributed by atoms with Crippen molar-refractivity contribution in [2.24, 2.45) is 5.84 Å². The second-order valence-electron chi connectivity index (χ2n) is 4.88. The maximum Gasteiger partial charge on any atom is 0.245 e. The number of nitrogens with two attached hydrogens (primary N) is 1. The number of hydrogen-bond donors (Lipinski definition) is 2. The average molecular weight is 323 g/mol. The fourth-order valence-corrected chi connectivity index (χ4v) is 2.36. The first kappa shape index (κ1) is 14.2. The number of rotatable bonds is 3. The van der Waals surface area contributed by atoms with Crippen molar-refractivity contribution in [1.29, 1.82) is 0 Å². The molecule has 3 aromatic heterocycles. The van der Waals surface area contributed by atoms with E-state index < -0.39 is 0 Å². The Morgan fingerprint density at radius 1 is 0.958 bits per heavy atom. The van der Waals surface area contributed by atoms with Crippen LogP contribution in [0.2, 0.25) is 0 Å². The number of pyridine rings is 1. The Morgan fingerprint density at radius 2 is 1.71 bits per heavy atom. The third kappa shape index (κ3) is 2.32. The van der Waals surface area contributed by atoms with Crippen molar-refractivity contribution in [3.63, 3.8) is 0 Å². The van der Waals surface area contributed by atoms with E-state index in [-0.39, 0.29) is 22.9 Å². The van der Waals surface area contributed by atoms with Gasteiger partial charge in [0.2, 0.25) is 11.3 Å². The molecule has 0 aliphatic carbocycles. The van der Waals surface area contributed by atoms with Crippen LogP contribution in [0.5, 0.6) is 0 Å². The van der Waals surface area contributed by atoms with Gasteiger partial charge in [-0.3, -0.25) is 4.98 Å². The number of nitrogens with one attached hydrogen (secondary N) is 1. The molecule has 0 spiro atoms. The van der Waals surface area contributed by atoms with Crippen LogP contribution >= 0.6 is 0 Å². The number of anilines is 1. The van der Waals surface area contributed by atoms with E-state index in [1.54, 1.807) is 24.4 Å². The van der Waals surface area contributed by atoms with Crippen LogP contribution in [0.15, 0.2) is 47.2 Å². The number of nitrogen functional groups attached to an aromatic ring is 1. The van der Waals surface area contributed by atoms with E-state index in [2.05, 4.69) is 35.3 Å². The highest BCUT2D eigenvalue weighted by Gasteiger charge is 2.18. The first-order chi connectivity index (χ1) is 11.8. The third-order valence-electron chi connectivity index (χ3n) is 3.44. The maximum absolute atomic E-state index is 13.2. The highest BCUT2D eigenvalue weighted by molar-refractivity contribution is 5.85. The normalized spacial score (nSPS) is 10.9. The minimum atomic E-state index is -0.316. The van der Waals surface area contributed by atoms with Gasteiger partial charge < -0.3 is 5.43 Å². The molecule has 0 aliphatic heterocycles. The average Bonchev–Trinajstić information content (AvgIpc) is 3.08. The zero-order chi connectivity index (χ0) is 16.5. The Morgan fingerprint density at radius 3 is 2.46 bits per heavy atom. The molecule has 1 aromatic carbocycles. The highest BCUT2D eigenvalue weighted by atomic mass is 19.1. The first-order valence-electron chi connectivity index (χ1n) is 6.94. The topological polar surface area (TPSA) is 116 Å². The Labute approximate surface area is 134 Å². The molecule has 0 unspecified atom stereocenters. The van der Waals surface area contributed by atoms with Crippen LogP contribution in [0.4, 0.5) is 10.2 Å². The molecule has 4 rings (SSSR count). The van der Waals surface area contributed by atoms with Gasteiger partial charge in [0.1, 0.15) is 17.2 Å². The summed E-state index contributed by atoms with van der Waals surface area (Å²) < 4.78 is 17.8. The number of hydrogen-bond acceptors (Lipinski definition) is 8. The summed E-state index contributed by atoms with van der Waals surface area (Å²) in [5, 5.41) is 7.32. The molecule has 0 radical (unpaired) electrons. The standard InChI is InChI=1S/C15H10FN7O/c16-9-5-3-8(4-6-9)10-2-1-7-18-11(10)12-13(21-17)20-15-14(19-12)22-24-23-15/h1-7H,17H2,(H,20,21,23). The van der Waals surface area contributed by atoms with Crippen molar-refractivity contribution < 1.29 is 9.02 Å². The molecule has 8 nitrogen and oxygen atoms in total. The summed E-state index contributed by atoms with van der Waals surface area (Å²) in [6.07, 6.45) is 1.62. The molecule has 0 atom stereocenters. The van der Waals surface area contributed by atoms with Gasteiger partial charge in [-0.05, 0) is 34.1 Å². The monoisotopic (exact) mass is 323 g/mol. The second-order valence-corrected chi connectivity index (χ2v) is 4.88. The molecular formula is C15H10FN7O. The molecule has 0 amide bonds. The molecule has 0 saturated carbocycles. The van der Waals surface area contributed by atoms with Gasteiger partial charge >= 0.3 is 0 Å². The summed E-state index contributed by atoms with van der Waals surface area (Å²) in [5.74, 6) is 5.51. The molecule has 0 bridgehead atoms. The van der Waals surface area contributed by atoms with E-state index in [1.807, 2.05) is 6.07 Å². The van der Waals surface area contributed by atoms with E-state index >= 15 is 0 Å². The number of nitrogens with zero attached hydrogens (tertiary/aromatic N) is 5. The molecule has 0 aliphatic rings. The number of hydrazine groups is 1. The van der Waals surface area contributed by atoms with Crippen molar-refractivity contribution in [1.82, 2.24) is 25.3 Å². The fraction of sp³-hybridized carbons (Fsp3) is 0. The lowest BCUT2D eigenvalue weighted by molar-refractivity contribution is 0.314. The van der Waals surface area contributed by atoms with Gasteiger partial charge in [-0.15, -0.1) is 0 Å². The fourth-order valence-electron chi connectivity index (χ4n) is 2.36. The number of benzene rings is 1. The highest BCUT2D eigenvalue weighted by Crippen LogP contribution is 2.32. The number of halogens is 1. The summed E-state index contributed by atoms with van der Waals surface area (Å²) in [4.78, 5) is 13.0. The Kier molecular flexibility index (Phi) is 3.32. The number of fused-ring (bicyclic) bond motifs is 1. The zero-order valence-corrected chi connectivity index (χ0v) is 12.1. The summed E-state index contributed by atoms with van der Waals surface area (Å²) in [7, 11) is 0. The number of aromatic nitrogens is 5. The molecule has 9 heteroatoms. The second kappa shape index (κ2) is 5.63. The van der Waals surface area contributed by atoms with Gasteiger partial charge in [0, 0.05) is 11.8 Å². The lowest BCUT2D eigenvalue weighted by atomic mass is 10.0. The van der Waals surface area contributed by atoms with Crippen LogP contribution < -0.4 is 11.3 Å². The smallest absolute Gasteiger partial charge is 0.245 e. The van der Waals surface area contributed by atoms with Crippen molar-refractivity contribution in [3.8, 4) is 22.5 Å². The quantitative estimate of drug-likeness (QED) is 0.435. The summed E-state index contributed by atoms with van der Waals surface area (Å²) in [6, 6.07) is 9.71. The zero-order valence-electron chi connectivity index (χ0n) is 12.1. The third-order valence-corrected chi connectivity index (χ3v) is 3.44. The van der Waals surface area contributed by atoms with E-state index in [4.69, 9.17) is 5.84 Å². The van der Waals surface area contributed by atoms with Crippen LogP contribution in [-0.4, -0.2) is 25.3 Å². The van der Waals surface area contributed by atoms with Crippen LogP contribution in [0, 0.1) is 5.82 Å². The van der Waals surface area contributed by atoms with Crippen LogP contribution in [0.25, 0.3) is 33.8 Å². The van der Waals surface area contributed by atoms with Crippen molar-refractivity contribution in [2.75, 3.05) is 5.43 Å². The molecule has 0 saturated heterocycles. The molecular weight excluding hydrogens is 313 g/mol. The van der Waals surface area contributed by atoms with E-state index in [1.165, 1.54) is 12.1 Å². The Hall–Kier alpha value is -3.46. The van der Waals surface area contributed by atoms with E-state index in [0.717, 1.165) is 11.1 Å². The van der Waals surface area contributed by atoms with Gasteiger partial charge in [-0.25, -0.2) is 24.8 Å². The minimum Gasteiger partial charge on any atom is -0.307 e. The SMILES string of the molecule is NNc1nc2nonc2nc1-c1ncccc1-c1ccc(F)cc1. The van der Waals surface area contributed by atoms with Gasteiger partial charge in [0.05, 0.1) is 0 Å². The Bertz CT molecular complexity index is 1020. The van der Waals surface area contributed by atoms with Crippen molar-refractivity contribution in [3.05, 3.63) is 48.4 Å². The van der Waals surface area contributed by atoms with E-state index in [0.29, 0.717) is 11.4 Å². The summed E-state index contributed by atoms with van der Waals surface area (Å²) in [6.45, 7) is 0. The molecule has 0 fully saturated rings. The molecule has 3 heterocycles. The lowest BCUT2D eigenvalue weighted by Crippen LogP contribution is -2.11. The predicted octanol–water partition coefficient (Wildman–Crippen LogP) is 2.17. The summed E-state index contributed by atoms with van der Waals surface area (Å²) in [5.41, 5.74) is 5.39. The van der Waals surface area contributed by atoms with Crippen molar-refractivity contribution in [2.45, 2.75) is 0 Å². The molecule has 4 aromatic rings. The van der Waals surface area contributed by atoms with Gasteiger partial charge in [0.15, 0.2) is 5.82 Å². The van der Waals surface area contributed by atoms with Gasteiger partial charge in [-0.2, -0.15) is 0 Å². The predicted molar refractivity (Wildman–Crippen MR) is 83.8 cm³/mol. The van der Waals surface area contributed by atoms with E-state index in [9.17, 15) is 4.39 Å². The minimum absolute atomic E-state index is 0.228. The van der Waals surface area contributed by atoms with Crippen LogP contribution in [0.1, 0.15) is 0 Å². The largest absolute Gasteiger partial charge is 0.307 e. The maximum atomic E-state index is 13.2. The Balaban J connectivity index is 1.95. The van der Waals surface area contributed by atoms with Gasteiger partial charge in [-0.1, -0.05) is 18.2 Å². The van der Waals surface area contributed by atoms with Crippen LogP contribution in [0.3, 0.4) is 0 Å². The molecule has 3 N–H and O–H groups in total. The van der Waals surface area contributed by atoms with Crippen LogP contribution in [-0.2, 0) is 0 Å². The molecule has 24 heavy (non-hydrogen) atoms. The molecule has 118 valence electrons. The lowest BCUT2D eigenvalue weighted by Gasteiger charge is -2.10. The summed E-state index contributed by atoms with van der Waals surface area (Å²) >= 11 is 0. The first-order valence-corrected chi connectivity index (χ1v) is 6.94.